The fraction of sp³-hybridized carbons (Fsp3) is 0.440. The summed E-state index contributed by atoms with van der Waals surface area (Å²) < 4.78 is 2.13. The summed E-state index contributed by atoms with van der Waals surface area (Å²) in [6, 6.07) is 15.8. The first kappa shape index (κ1) is 24.1. The summed E-state index contributed by atoms with van der Waals surface area (Å²) in [5.41, 5.74) is 1.37. The molecule has 1 unspecified atom stereocenters. The number of amides is 2. The summed E-state index contributed by atoms with van der Waals surface area (Å²) in [6.45, 7) is 4.65. The van der Waals surface area contributed by atoms with Crippen LogP contribution in [0.1, 0.15) is 31.4 Å². The van der Waals surface area contributed by atoms with Crippen molar-refractivity contribution in [2.24, 2.45) is 0 Å². The van der Waals surface area contributed by atoms with E-state index in [9.17, 15) is 9.59 Å². The Hall–Kier alpha value is -2.53. The van der Waals surface area contributed by atoms with Crippen LogP contribution in [0.4, 0.5) is 0 Å². The molecule has 0 aliphatic carbocycles. The highest BCUT2D eigenvalue weighted by Gasteiger charge is 2.28. The van der Waals surface area contributed by atoms with Gasteiger partial charge in [0.15, 0.2) is 0 Å². The molecule has 1 heterocycles. The maximum atomic E-state index is 12.3. The van der Waals surface area contributed by atoms with Crippen molar-refractivity contribution in [1.29, 1.82) is 0 Å². The molecule has 1 atom stereocenters. The normalized spacial score (nSPS) is 15.9. The van der Waals surface area contributed by atoms with Crippen LogP contribution in [0.15, 0.2) is 42.5 Å². The van der Waals surface area contributed by atoms with E-state index in [-0.39, 0.29) is 31.4 Å². The summed E-state index contributed by atoms with van der Waals surface area (Å²) >= 11 is 1.59. The number of piperidine rings is 1. The Morgan fingerprint density at radius 1 is 1.16 bits per heavy atom. The van der Waals surface area contributed by atoms with Crippen LogP contribution in [0.2, 0.25) is 0 Å². The van der Waals surface area contributed by atoms with Crippen molar-refractivity contribution in [3.8, 4) is 12.3 Å². The third-order valence-corrected chi connectivity index (χ3v) is 6.99. The molecule has 2 aromatic carbocycles. The molecule has 1 saturated heterocycles. The lowest BCUT2D eigenvalue weighted by molar-refractivity contribution is -0.126. The van der Waals surface area contributed by atoms with E-state index in [1.165, 1.54) is 16.3 Å². The lowest BCUT2D eigenvalue weighted by Crippen LogP contribution is -2.47. The largest absolute Gasteiger partial charge is 0.346 e. The average Bonchev–Trinajstić information content (AvgIpc) is 2.84. The van der Waals surface area contributed by atoms with Crippen molar-refractivity contribution in [3.63, 3.8) is 0 Å². The number of benzene rings is 2. The molecule has 0 bridgehead atoms. The minimum absolute atomic E-state index is 0.0519. The number of nitrogens with zero attached hydrogens (tertiary/aromatic N) is 2. The number of carbonyl (C=O) groups is 2. The molecule has 1 aliphatic heterocycles. The van der Waals surface area contributed by atoms with Crippen LogP contribution in [0.25, 0.3) is 10.8 Å². The van der Waals surface area contributed by atoms with Crippen molar-refractivity contribution >= 4 is 34.5 Å². The second-order valence-corrected chi connectivity index (χ2v) is 8.86. The number of nitrogens with one attached hydrogen (secondary N) is 2. The number of likely N-dealkylation sites (tertiary alicyclic amines) is 1. The van der Waals surface area contributed by atoms with Crippen LogP contribution >= 0.6 is 11.9 Å². The van der Waals surface area contributed by atoms with E-state index in [4.69, 9.17) is 6.42 Å². The van der Waals surface area contributed by atoms with Crippen LogP contribution in [0, 0.1) is 12.3 Å². The van der Waals surface area contributed by atoms with E-state index in [1.807, 2.05) is 6.26 Å². The van der Waals surface area contributed by atoms with E-state index in [0.717, 1.165) is 25.9 Å². The predicted molar refractivity (Wildman–Crippen MR) is 132 cm³/mol. The topological polar surface area (TPSA) is 64.7 Å². The highest BCUT2D eigenvalue weighted by molar-refractivity contribution is 7.96. The van der Waals surface area contributed by atoms with E-state index >= 15 is 0 Å². The molecule has 2 N–H and O–H groups in total. The SMILES string of the molecule is C#CCNC(=O)CNC(=O)CN(SC)C1CCN(C(C)c2cccc3ccccc23)CC1. The molecule has 1 aliphatic rings. The fourth-order valence-electron chi connectivity index (χ4n) is 4.30. The molecule has 0 radical (unpaired) electrons. The Morgan fingerprint density at radius 2 is 1.88 bits per heavy atom. The van der Waals surface area contributed by atoms with E-state index in [2.05, 4.69) is 75.1 Å². The molecule has 2 aromatic rings. The molecular weight excluding hydrogens is 420 g/mol. The van der Waals surface area contributed by atoms with Crippen molar-refractivity contribution < 1.29 is 9.59 Å². The third kappa shape index (κ3) is 6.26. The fourth-order valence-corrected chi connectivity index (χ4v) is 5.06. The van der Waals surface area contributed by atoms with Crippen molar-refractivity contribution in [1.82, 2.24) is 19.8 Å². The zero-order valence-electron chi connectivity index (χ0n) is 18.8. The lowest BCUT2D eigenvalue weighted by atomic mass is 9.96. The number of terminal acetylenes is 1. The Labute approximate surface area is 195 Å². The van der Waals surface area contributed by atoms with E-state index < -0.39 is 0 Å². The molecule has 0 spiro atoms. The number of hydrogen-bond donors (Lipinski definition) is 2. The van der Waals surface area contributed by atoms with Gasteiger partial charge in [-0.05, 0) is 42.4 Å². The molecule has 1 fully saturated rings. The van der Waals surface area contributed by atoms with Crippen LogP contribution in [0.5, 0.6) is 0 Å². The van der Waals surface area contributed by atoms with Gasteiger partial charge in [0.05, 0.1) is 19.6 Å². The first-order chi connectivity index (χ1) is 15.5. The van der Waals surface area contributed by atoms with E-state index in [1.54, 1.807) is 11.9 Å². The van der Waals surface area contributed by atoms with Gasteiger partial charge in [-0.1, -0.05) is 60.3 Å². The minimum atomic E-state index is -0.275. The summed E-state index contributed by atoms with van der Waals surface area (Å²) in [6.07, 6.45) is 9.13. The Morgan fingerprint density at radius 3 is 2.59 bits per heavy atom. The lowest BCUT2D eigenvalue weighted by Gasteiger charge is -2.40. The Bertz CT molecular complexity index is 961. The maximum Gasteiger partial charge on any atom is 0.240 e. The Balaban J connectivity index is 1.52. The number of carbonyl (C=O) groups excluding carboxylic acids is 2. The molecule has 32 heavy (non-hydrogen) atoms. The smallest absolute Gasteiger partial charge is 0.240 e. The molecule has 0 saturated carbocycles. The van der Waals surface area contributed by atoms with Gasteiger partial charge in [-0.3, -0.25) is 14.5 Å². The number of rotatable bonds is 9. The minimum Gasteiger partial charge on any atom is -0.346 e. The third-order valence-electron chi connectivity index (χ3n) is 6.10. The molecule has 6 nitrogen and oxygen atoms in total. The maximum absolute atomic E-state index is 12.3. The highest BCUT2D eigenvalue weighted by Crippen LogP contribution is 2.31. The molecule has 170 valence electrons. The van der Waals surface area contributed by atoms with Crippen LogP contribution < -0.4 is 10.6 Å². The Kier molecular flexibility index (Phi) is 8.98. The van der Waals surface area contributed by atoms with Crippen LogP contribution in [0.3, 0.4) is 0 Å². The molecule has 0 aromatic heterocycles. The summed E-state index contributed by atoms with van der Waals surface area (Å²) in [4.78, 5) is 26.5. The van der Waals surface area contributed by atoms with Gasteiger partial charge in [-0.15, -0.1) is 6.42 Å². The molecule has 2 amide bonds. The molecular formula is C25H32N4O2S. The van der Waals surface area contributed by atoms with Gasteiger partial charge in [0.2, 0.25) is 11.8 Å². The highest BCUT2D eigenvalue weighted by atomic mass is 32.2. The van der Waals surface area contributed by atoms with Gasteiger partial charge >= 0.3 is 0 Å². The van der Waals surface area contributed by atoms with Gasteiger partial charge in [0.1, 0.15) is 0 Å². The van der Waals surface area contributed by atoms with Crippen LogP contribution in [-0.4, -0.2) is 66.0 Å². The summed E-state index contributed by atoms with van der Waals surface area (Å²) in [5.74, 6) is 1.91. The second-order valence-electron chi connectivity index (χ2n) is 8.03. The van der Waals surface area contributed by atoms with Gasteiger partial charge in [0, 0.05) is 25.2 Å². The molecule has 7 heteroatoms. The molecule has 3 rings (SSSR count). The average molecular weight is 453 g/mol. The van der Waals surface area contributed by atoms with E-state index in [0.29, 0.717) is 12.1 Å². The van der Waals surface area contributed by atoms with Crippen molar-refractivity contribution in [3.05, 3.63) is 48.0 Å². The van der Waals surface area contributed by atoms with Crippen LogP contribution in [-0.2, 0) is 9.59 Å². The monoisotopic (exact) mass is 452 g/mol. The standard InChI is InChI=1S/C25H32N4O2S/c1-4-14-26-24(30)17-27-25(31)18-29(32-3)21-12-15-28(16-13-21)19(2)22-11-7-9-20-8-5-6-10-23(20)22/h1,5-11,19,21H,12-18H2,2-3H3,(H,26,30)(H,27,31). The van der Waals surface area contributed by atoms with Gasteiger partial charge in [0.25, 0.3) is 0 Å². The summed E-state index contributed by atoms with van der Waals surface area (Å²) in [5, 5.41) is 7.81. The first-order valence-electron chi connectivity index (χ1n) is 11.0. The first-order valence-corrected chi connectivity index (χ1v) is 12.2. The van der Waals surface area contributed by atoms with Crippen molar-refractivity contribution in [2.75, 3.05) is 39.0 Å². The zero-order valence-corrected chi connectivity index (χ0v) is 19.7. The predicted octanol–water partition coefficient (Wildman–Crippen LogP) is 2.81. The quantitative estimate of drug-likeness (QED) is 0.453. The van der Waals surface area contributed by atoms with Gasteiger partial charge in [-0.25, -0.2) is 4.31 Å². The number of hydrogen-bond acceptors (Lipinski definition) is 5. The zero-order chi connectivity index (χ0) is 22.9. The number of fused-ring (bicyclic) bond motifs is 1. The summed E-state index contributed by atoms with van der Waals surface area (Å²) in [7, 11) is 0. The van der Waals surface area contributed by atoms with Crippen molar-refractivity contribution in [2.45, 2.75) is 31.8 Å². The second kappa shape index (κ2) is 11.9. The van der Waals surface area contributed by atoms with Gasteiger partial charge < -0.3 is 10.6 Å². The van der Waals surface area contributed by atoms with Gasteiger partial charge in [-0.2, -0.15) is 0 Å².